The van der Waals surface area contributed by atoms with E-state index in [-0.39, 0.29) is 17.2 Å². The quantitative estimate of drug-likeness (QED) is 0.373. The second-order valence-corrected chi connectivity index (χ2v) is 7.72. The number of carbonyl (C=O) groups is 1. The number of nitrogens with zero attached hydrogens (tertiary/aromatic N) is 1. The van der Waals surface area contributed by atoms with Crippen LogP contribution < -0.4 is 5.56 Å². The summed E-state index contributed by atoms with van der Waals surface area (Å²) in [5.74, 6) is 0.507. The minimum absolute atomic E-state index is 0.119. The first-order valence-electron chi connectivity index (χ1n) is 8.82. The van der Waals surface area contributed by atoms with Crippen molar-refractivity contribution in [1.82, 2.24) is 9.97 Å². The average Bonchev–Trinajstić information content (AvgIpc) is 2.60. The number of carbonyl (C=O) groups excluding carboxylic acids is 1. The Hall–Kier alpha value is -2.47. The molecule has 0 saturated carbocycles. The van der Waals surface area contributed by atoms with Gasteiger partial charge in [0.05, 0.1) is 10.9 Å². The van der Waals surface area contributed by atoms with Crippen LogP contribution in [0.3, 0.4) is 0 Å². The number of aromatic amines is 1. The Morgan fingerprint density at radius 1 is 1.19 bits per heavy atom. The van der Waals surface area contributed by atoms with Gasteiger partial charge >= 0.3 is 0 Å². The topological polar surface area (TPSA) is 62.8 Å². The fourth-order valence-electron chi connectivity index (χ4n) is 3.05. The first-order chi connectivity index (χ1) is 12.9. The molecular weight excluding hydrogens is 363 g/mol. The Bertz CT molecular complexity index is 1030. The molecule has 0 spiro atoms. The molecule has 2 aromatic carbocycles. The monoisotopic (exact) mass is 384 g/mol. The Kier molecular flexibility index (Phi) is 6.06. The smallest absolute Gasteiger partial charge is 0.259 e. The van der Waals surface area contributed by atoms with Crippen molar-refractivity contribution in [3.63, 3.8) is 0 Å². The molecular formula is C21H21FN2O2S. The molecule has 0 aliphatic heterocycles. The SMILES string of the molecule is Cc1cc(C)c2c(=O)[nH]c(SCCCC(=O)Cc3ccc(F)cc3)nc2c1. The number of aryl methyl sites for hydroxylation is 2. The molecule has 6 heteroatoms. The molecule has 0 bridgehead atoms. The Balaban J connectivity index is 1.55. The van der Waals surface area contributed by atoms with Gasteiger partial charge in [-0.15, -0.1) is 0 Å². The highest BCUT2D eigenvalue weighted by Crippen LogP contribution is 2.20. The molecule has 0 saturated heterocycles. The van der Waals surface area contributed by atoms with Gasteiger partial charge in [0.2, 0.25) is 0 Å². The van der Waals surface area contributed by atoms with E-state index in [1.165, 1.54) is 23.9 Å². The van der Waals surface area contributed by atoms with Gasteiger partial charge in [-0.3, -0.25) is 9.59 Å². The van der Waals surface area contributed by atoms with Crippen molar-refractivity contribution in [2.75, 3.05) is 5.75 Å². The predicted octanol–water partition coefficient (Wildman–Crippen LogP) is 4.36. The number of benzene rings is 2. The van der Waals surface area contributed by atoms with Crippen LogP contribution in [0.1, 0.15) is 29.5 Å². The zero-order valence-electron chi connectivity index (χ0n) is 15.3. The van der Waals surface area contributed by atoms with Crippen molar-refractivity contribution < 1.29 is 9.18 Å². The molecule has 1 aromatic heterocycles. The number of thioether (sulfide) groups is 1. The number of H-pyrrole nitrogens is 1. The summed E-state index contributed by atoms with van der Waals surface area (Å²) < 4.78 is 12.9. The first-order valence-corrected chi connectivity index (χ1v) is 9.81. The highest BCUT2D eigenvalue weighted by molar-refractivity contribution is 7.99. The van der Waals surface area contributed by atoms with Gasteiger partial charge in [0.1, 0.15) is 11.6 Å². The molecule has 0 aliphatic rings. The number of halogens is 1. The van der Waals surface area contributed by atoms with Crippen molar-refractivity contribution in [3.8, 4) is 0 Å². The summed E-state index contributed by atoms with van der Waals surface area (Å²) >= 11 is 1.44. The number of hydrogen-bond acceptors (Lipinski definition) is 4. The fourth-order valence-corrected chi connectivity index (χ4v) is 3.86. The van der Waals surface area contributed by atoms with Crippen LogP contribution in [-0.2, 0) is 11.2 Å². The fraction of sp³-hybridized carbons (Fsp3) is 0.286. The van der Waals surface area contributed by atoms with Crippen molar-refractivity contribution in [3.05, 3.63) is 69.3 Å². The summed E-state index contributed by atoms with van der Waals surface area (Å²) in [6, 6.07) is 9.88. The number of aromatic nitrogens is 2. The van der Waals surface area contributed by atoms with Crippen molar-refractivity contribution in [1.29, 1.82) is 0 Å². The van der Waals surface area contributed by atoms with Crippen LogP contribution in [0.2, 0.25) is 0 Å². The standard InChI is InChI=1S/C21H21FN2O2S/c1-13-10-14(2)19-18(11-13)23-21(24-20(19)26)27-9-3-4-17(25)12-15-5-7-16(22)8-6-15/h5-8,10-11H,3-4,9,12H2,1-2H3,(H,23,24,26). The summed E-state index contributed by atoms with van der Waals surface area (Å²) in [6.07, 6.45) is 1.45. The predicted molar refractivity (Wildman–Crippen MR) is 107 cm³/mol. The average molecular weight is 384 g/mol. The molecule has 0 radical (unpaired) electrons. The molecule has 0 unspecified atom stereocenters. The normalized spacial score (nSPS) is 11.1. The van der Waals surface area contributed by atoms with Gasteiger partial charge < -0.3 is 4.98 Å². The molecule has 0 amide bonds. The number of hydrogen-bond donors (Lipinski definition) is 1. The van der Waals surface area contributed by atoms with Gasteiger partial charge in [-0.2, -0.15) is 0 Å². The van der Waals surface area contributed by atoms with Gasteiger partial charge in [-0.25, -0.2) is 9.37 Å². The molecule has 3 aromatic rings. The molecule has 1 heterocycles. The molecule has 140 valence electrons. The van der Waals surface area contributed by atoms with Gasteiger partial charge in [0.25, 0.3) is 5.56 Å². The van der Waals surface area contributed by atoms with E-state index in [9.17, 15) is 14.0 Å². The number of fused-ring (bicyclic) bond motifs is 1. The van der Waals surface area contributed by atoms with Crippen LogP contribution in [0.15, 0.2) is 46.3 Å². The van der Waals surface area contributed by atoms with Gasteiger partial charge in [-0.1, -0.05) is 30.0 Å². The minimum Gasteiger partial charge on any atom is -0.301 e. The molecule has 3 rings (SSSR count). The lowest BCUT2D eigenvalue weighted by atomic mass is 10.1. The van der Waals surface area contributed by atoms with Gasteiger partial charge in [0.15, 0.2) is 5.16 Å². The first kappa shape index (κ1) is 19.3. The molecule has 4 nitrogen and oxygen atoms in total. The number of ketones is 1. The van der Waals surface area contributed by atoms with Crippen LogP contribution in [0, 0.1) is 19.7 Å². The second-order valence-electron chi connectivity index (χ2n) is 6.64. The molecule has 0 atom stereocenters. The van der Waals surface area contributed by atoms with E-state index in [1.54, 1.807) is 12.1 Å². The van der Waals surface area contributed by atoms with E-state index in [2.05, 4.69) is 9.97 Å². The van der Waals surface area contributed by atoms with E-state index in [0.717, 1.165) is 16.7 Å². The number of Topliss-reactive ketones (excluding diaryl/α,β-unsaturated/α-hetero) is 1. The Morgan fingerprint density at radius 3 is 2.67 bits per heavy atom. The molecule has 1 N–H and O–H groups in total. The lowest BCUT2D eigenvalue weighted by molar-refractivity contribution is -0.118. The third-order valence-electron chi connectivity index (χ3n) is 4.28. The number of nitrogens with one attached hydrogen (secondary N) is 1. The van der Waals surface area contributed by atoms with Crippen LogP contribution in [-0.4, -0.2) is 21.5 Å². The molecule has 27 heavy (non-hydrogen) atoms. The number of rotatable bonds is 7. The van der Waals surface area contributed by atoms with E-state index in [0.29, 0.717) is 41.1 Å². The van der Waals surface area contributed by atoms with Gasteiger partial charge in [-0.05, 0) is 55.2 Å². The summed E-state index contributed by atoms with van der Waals surface area (Å²) in [4.78, 5) is 31.7. The second kappa shape index (κ2) is 8.48. The van der Waals surface area contributed by atoms with Crippen molar-refractivity contribution in [2.45, 2.75) is 38.3 Å². The largest absolute Gasteiger partial charge is 0.301 e. The van der Waals surface area contributed by atoms with Crippen LogP contribution in [0.4, 0.5) is 4.39 Å². The van der Waals surface area contributed by atoms with Crippen molar-refractivity contribution >= 4 is 28.4 Å². The lowest BCUT2D eigenvalue weighted by Crippen LogP contribution is -2.11. The minimum atomic E-state index is -0.301. The zero-order valence-corrected chi connectivity index (χ0v) is 16.2. The zero-order chi connectivity index (χ0) is 19.4. The van der Waals surface area contributed by atoms with Crippen molar-refractivity contribution in [2.24, 2.45) is 0 Å². The lowest BCUT2D eigenvalue weighted by Gasteiger charge is -2.06. The Morgan fingerprint density at radius 2 is 1.93 bits per heavy atom. The van der Waals surface area contributed by atoms with E-state index >= 15 is 0 Å². The molecule has 0 aliphatic carbocycles. The summed E-state index contributed by atoms with van der Waals surface area (Å²) in [5.41, 5.74) is 3.38. The highest BCUT2D eigenvalue weighted by atomic mass is 32.2. The maximum atomic E-state index is 12.9. The van der Waals surface area contributed by atoms with Crippen LogP contribution in [0.5, 0.6) is 0 Å². The van der Waals surface area contributed by atoms with Gasteiger partial charge in [0, 0.05) is 18.6 Å². The highest BCUT2D eigenvalue weighted by Gasteiger charge is 2.09. The Labute approximate surface area is 161 Å². The van der Waals surface area contributed by atoms with E-state index in [4.69, 9.17) is 0 Å². The maximum Gasteiger partial charge on any atom is 0.259 e. The van der Waals surface area contributed by atoms with Crippen LogP contribution >= 0.6 is 11.8 Å². The van der Waals surface area contributed by atoms with E-state index in [1.807, 2.05) is 26.0 Å². The maximum absolute atomic E-state index is 12.9. The summed E-state index contributed by atoms with van der Waals surface area (Å²) in [6.45, 7) is 3.89. The third kappa shape index (κ3) is 5.04. The van der Waals surface area contributed by atoms with Crippen LogP contribution in [0.25, 0.3) is 10.9 Å². The molecule has 0 fully saturated rings. The summed E-state index contributed by atoms with van der Waals surface area (Å²) in [7, 11) is 0. The third-order valence-corrected chi connectivity index (χ3v) is 5.24. The van der Waals surface area contributed by atoms with E-state index < -0.39 is 0 Å². The summed E-state index contributed by atoms with van der Waals surface area (Å²) in [5, 5.41) is 1.20.